The smallest absolute Gasteiger partial charge is 0.241 e. The Hall–Kier alpha value is -1.94. The molecule has 17 heavy (non-hydrogen) atoms. The fourth-order valence-corrected chi connectivity index (χ4v) is 2.35. The fourth-order valence-electron chi connectivity index (χ4n) is 1.51. The van der Waals surface area contributed by atoms with Gasteiger partial charge >= 0.3 is 0 Å². The van der Waals surface area contributed by atoms with Gasteiger partial charge in [0.25, 0.3) is 0 Å². The summed E-state index contributed by atoms with van der Waals surface area (Å²) in [4.78, 5) is 16.2. The van der Waals surface area contributed by atoms with Crippen LogP contribution in [0.5, 0.6) is 0 Å². The Balaban J connectivity index is 2.35. The average molecular weight is 244 g/mol. The highest BCUT2D eigenvalue weighted by Crippen LogP contribution is 2.27. The van der Waals surface area contributed by atoms with E-state index in [9.17, 15) is 4.79 Å². The van der Waals surface area contributed by atoms with Gasteiger partial charge in [-0.05, 0) is 13.0 Å². The van der Waals surface area contributed by atoms with E-state index in [0.29, 0.717) is 0 Å². The number of rotatable bonds is 3. The van der Waals surface area contributed by atoms with Crippen LogP contribution in [-0.4, -0.2) is 10.9 Å². The van der Waals surface area contributed by atoms with Crippen LogP contribution < -0.4 is 5.73 Å². The third-order valence-electron chi connectivity index (χ3n) is 2.25. The molecular weight excluding hydrogens is 232 g/mol. The van der Waals surface area contributed by atoms with Crippen LogP contribution in [0.4, 0.5) is 0 Å². The second-order valence-electron chi connectivity index (χ2n) is 3.56. The first-order chi connectivity index (χ1) is 8.16. The van der Waals surface area contributed by atoms with Gasteiger partial charge in [-0.1, -0.05) is 30.3 Å². The lowest BCUT2D eigenvalue weighted by Gasteiger charge is -1.96. The number of hydrogen-bond acceptors (Lipinski definition) is 3. The van der Waals surface area contributed by atoms with Gasteiger partial charge in [-0.25, -0.2) is 4.98 Å². The number of hydrogen-bond donors (Lipinski definition) is 1. The number of carbonyl (C=O) groups excluding carboxylic acids is 1. The average Bonchev–Trinajstić information content (AvgIpc) is 2.69. The molecule has 0 spiro atoms. The number of primary amides is 1. The van der Waals surface area contributed by atoms with Crippen molar-refractivity contribution in [2.45, 2.75) is 6.92 Å². The van der Waals surface area contributed by atoms with Crippen LogP contribution in [0.2, 0.25) is 0 Å². The van der Waals surface area contributed by atoms with Gasteiger partial charge in [-0.2, -0.15) is 0 Å². The van der Waals surface area contributed by atoms with Crippen LogP contribution in [0.25, 0.3) is 17.3 Å². The Labute approximate surface area is 104 Å². The summed E-state index contributed by atoms with van der Waals surface area (Å²) in [5, 5.41) is 0.792. The molecule has 2 aromatic rings. The van der Waals surface area contributed by atoms with Gasteiger partial charge in [0.05, 0.1) is 5.69 Å². The Bertz CT molecular complexity index is 558. The Morgan fingerprint density at radius 3 is 2.71 bits per heavy atom. The molecule has 0 fully saturated rings. The van der Waals surface area contributed by atoms with Crippen LogP contribution in [0.3, 0.4) is 0 Å². The summed E-state index contributed by atoms with van der Waals surface area (Å²) in [6, 6.07) is 9.96. The summed E-state index contributed by atoms with van der Waals surface area (Å²) < 4.78 is 0. The molecule has 1 amide bonds. The molecule has 0 saturated heterocycles. The predicted molar refractivity (Wildman–Crippen MR) is 70.5 cm³/mol. The predicted octanol–water partition coefficient (Wildman–Crippen LogP) is 2.62. The van der Waals surface area contributed by atoms with Crippen molar-refractivity contribution in [2.24, 2.45) is 5.73 Å². The van der Waals surface area contributed by atoms with Crippen molar-refractivity contribution in [1.29, 1.82) is 0 Å². The van der Waals surface area contributed by atoms with Gasteiger partial charge in [0.1, 0.15) is 5.01 Å². The van der Waals surface area contributed by atoms with E-state index >= 15 is 0 Å². The van der Waals surface area contributed by atoms with Crippen molar-refractivity contribution < 1.29 is 4.79 Å². The molecule has 1 aromatic carbocycles. The molecule has 0 bridgehead atoms. The largest absolute Gasteiger partial charge is 0.366 e. The number of nitrogens with two attached hydrogens (primary N) is 1. The zero-order valence-electron chi connectivity index (χ0n) is 9.38. The lowest BCUT2D eigenvalue weighted by molar-refractivity contribution is -0.113. The van der Waals surface area contributed by atoms with E-state index in [4.69, 9.17) is 5.73 Å². The van der Waals surface area contributed by atoms with Crippen LogP contribution in [0.15, 0.2) is 36.4 Å². The van der Waals surface area contributed by atoms with Gasteiger partial charge in [0.15, 0.2) is 0 Å². The van der Waals surface area contributed by atoms with E-state index in [0.717, 1.165) is 21.1 Å². The first-order valence-corrected chi connectivity index (χ1v) is 5.99. The minimum absolute atomic E-state index is 0.459. The third kappa shape index (κ3) is 2.79. The van der Waals surface area contributed by atoms with Crippen molar-refractivity contribution >= 4 is 23.3 Å². The monoisotopic (exact) mass is 244 g/mol. The van der Waals surface area contributed by atoms with Gasteiger partial charge in [-0.3, -0.25) is 4.79 Å². The molecule has 0 saturated carbocycles. The maximum atomic E-state index is 10.6. The number of carbonyl (C=O) groups is 1. The second-order valence-corrected chi connectivity index (χ2v) is 4.79. The van der Waals surface area contributed by atoms with E-state index in [1.165, 1.54) is 6.08 Å². The Morgan fingerprint density at radius 1 is 1.35 bits per heavy atom. The van der Waals surface area contributed by atoms with Crippen molar-refractivity contribution in [2.75, 3.05) is 0 Å². The summed E-state index contributed by atoms with van der Waals surface area (Å²) in [6.45, 7) is 2.02. The molecule has 1 heterocycles. The molecule has 0 aliphatic heterocycles. The third-order valence-corrected chi connectivity index (χ3v) is 3.19. The van der Waals surface area contributed by atoms with Crippen LogP contribution in [0, 0.1) is 6.92 Å². The van der Waals surface area contributed by atoms with Crippen molar-refractivity contribution in [3.63, 3.8) is 0 Å². The van der Waals surface area contributed by atoms with Gasteiger partial charge in [0, 0.05) is 16.5 Å². The molecule has 86 valence electrons. The van der Waals surface area contributed by atoms with E-state index < -0.39 is 5.91 Å². The summed E-state index contributed by atoms with van der Waals surface area (Å²) in [7, 11) is 0. The Morgan fingerprint density at radius 2 is 2.06 bits per heavy atom. The molecule has 2 N–H and O–H groups in total. The summed E-state index contributed by atoms with van der Waals surface area (Å²) >= 11 is 1.55. The van der Waals surface area contributed by atoms with Crippen molar-refractivity contribution in [1.82, 2.24) is 4.98 Å². The highest BCUT2D eigenvalue weighted by Gasteiger charge is 2.07. The molecule has 2 rings (SSSR count). The number of aryl methyl sites for hydroxylation is 1. The summed E-state index contributed by atoms with van der Waals surface area (Å²) in [5.41, 5.74) is 7.09. The highest BCUT2D eigenvalue weighted by molar-refractivity contribution is 7.12. The molecule has 4 heteroatoms. The van der Waals surface area contributed by atoms with Gasteiger partial charge < -0.3 is 5.73 Å². The normalized spacial score (nSPS) is 10.9. The molecule has 3 nitrogen and oxygen atoms in total. The molecule has 0 atom stereocenters. The first-order valence-electron chi connectivity index (χ1n) is 5.17. The molecule has 1 aromatic heterocycles. The zero-order chi connectivity index (χ0) is 12.3. The van der Waals surface area contributed by atoms with E-state index in [1.54, 1.807) is 17.4 Å². The quantitative estimate of drug-likeness (QED) is 0.844. The molecule has 0 unspecified atom stereocenters. The number of thiazole rings is 1. The minimum Gasteiger partial charge on any atom is -0.366 e. The molecule has 0 radical (unpaired) electrons. The molecule has 0 aliphatic carbocycles. The van der Waals surface area contributed by atoms with Gasteiger partial charge in [0.2, 0.25) is 5.91 Å². The number of amides is 1. The topological polar surface area (TPSA) is 56.0 Å². The van der Waals surface area contributed by atoms with E-state index in [1.807, 2.05) is 37.3 Å². The highest BCUT2D eigenvalue weighted by atomic mass is 32.1. The van der Waals surface area contributed by atoms with Crippen molar-refractivity contribution in [3.05, 3.63) is 46.3 Å². The molecule has 0 aliphatic rings. The zero-order valence-corrected chi connectivity index (χ0v) is 10.2. The standard InChI is InChI=1S/C13H12N2OS/c1-9-13(10-5-3-2-4-6-10)15-12(17-9)8-7-11(14)16/h2-8H,1H3,(H2,14,16)/b8-7+. The number of benzene rings is 1. The van der Waals surface area contributed by atoms with E-state index in [-0.39, 0.29) is 0 Å². The molecular formula is C13H12N2OS. The summed E-state index contributed by atoms with van der Waals surface area (Å²) in [6.07, 6.45) is 2.97. The lowest BCUT2D eigenvalue weighted by atomic mass is 10.1. The fraction of sp³-hybridized carbons (Fsp3) is 0.0769. The maximum absolute atomic E-state index is 10.6. The van der Waals surface area contributed by atoms with Crippen LogP contribution in [0.1, 0.15) is 9.88 Å². The minimum atomic E-state index is -0.459. The first kappa shape index (κ1) is 11.5. The van der Waals surface area contributed by atoms with Crippen LogP contribution in [-0.2, 0) is 4.79 Å². The summed E-state index contributed by atoms with van der Waals surface area (Å²) in [5.74, 6) is -0.459. The van der Waals surface area contributed by atoms with Crippen LogP contribution >= 0.6 is 11.3 Å². The number of nitrogens with zero attached hydrogens (tertiary/aromatic N) is 1. The SMILES string of the molecule is Cc1sc(/C=C/C(N)=O)nc1-c1ccccc1. The maximum Gasteiger partial charge on any atom is 0.241 e. The second kappa shape index (κ2) is 4.93. The van der Waals surface area contributed by atoms with E-state index in [2.05, 4.69) is 4.98 Å². The Kier molecular flexibility index (Phi) is 3.35. The lowest BCUT2D eigenvalue weighted by Crippen LogP contribution is -2.04. The van der Waals surface area contributed by atoms with Crippen molar-refractivity contribution in [3.8, 4) is 11.3 Å². The number of aromatic nitrogens is 1. The van der Waals surface area contributed by atoms with Gasteiger partial charge in [-0.15, -0.1) is 11.3 Å².